The van der Waals surface area contributed by atoms with Crippen LogP contribution in [-0.4, -0.2) is 17.0 Å². The van der Waals surface area contributed by atoms with Crippen molar-refractivity contribution in [1.82, 2.24) is 0 Å². The molecule has 0 aromatic heterocycles. The van der Waals surface area contributed by atoms with Gasteiger partial charge >= 0.3 is 0 Å². The average molecular weight is 256 g/mol. The van der Waals surface area contributed by atoms with Crippen molar-refractivity contribution in [3.8, 4) is 0 Å². The van der Waals surface area contributed by atoms with E-state index in [9.17, 15) is 9.90 Å². The summed E-state index contributed by atoms with van der Waals surface area (Å²) in [4.78, 5) is 12.2. The highest BCUT2D eigenvalue weighted by Gasteiger charge is 2.37. The molecule has 0 amide bonds. The summed E-state index contributed by atoms with van der Waals surface area (Å²) in [6.07, 6.45) is 5.40. The fourth-order valence-corrected chi connectivity index (χ4v) is 3.34. The third-order valence-electron chi connectivity index (χ3n) is 4.78. The van der Waals surface area contributed by atoms with Gasteiger partial charge in [-0.3, -0.25) is 4.79 Å². The van der Waals surface area contributed by atoms with Crippen LogP contribution >= 0.6 is 0 Å². The van der Waals surface area contributed by atoms with Gasteiger partial charge in [-0.25, -0.2) is 0 Å². The van der Waals surface area contributed by atoms with Crippen molar-refractivity contribution in [2.75, 3.05) is 0 Å². The van der Waals surface area contributed by atoms with E-state index < -0.39 is 0 Å². The van der Waals surface area contributed by atoms with Gasteiger partial charge in [0.1, 0.15) is 0 Å². The van der Waals surface area contributed by atoms with Crippen molar-refractivity contribution in [3.05, 3.63) is 40.5 Å². The number of hydrogen-bond acceptors (Lipinski definition) is 2. The Kier molecular flexibility index (Phi) is 2.68. The van der Waals surface area contributed by atoms with Gasteiger partial charge < -0.3 is 5.11 Å². The van der Waals surface area contributed by atoms with Crippen molar-refractivity contribution in [1.29, 1.82) is 0 Å². The Morgan fingerprint density at radius 3 is 2.79 bits per heavy atom. The van der Waals surface area contributed by atoms with Gasteiger partial charge in [0.25, 0.3) is 0 Å². The quantitative estimate of drug-likeness (QED) is 0.774. The van der Waals surface area contributed by atoms with E-state index in [1.54, 1.807) is 0 Å². The minimum atomic E-state index is -0.305. The van der Waals surface area contributed by atoms with Gasteiger partial charge in [0.05, 0.1) is 6.10 Å². The summed E-state index contributed by atoms with van der Waals surface area (Å²) in [6, 6.07) is 3.98. The highest BCUT2D eigenvalue weighted by molar-refractivity contribution is 6.04. The zero-order valence-electron chi connectivity index (χ0n) is 11.7. The van der Waals surface area contributed by atoms with Crippen molar-refractivity contribution >= 4 is 11.9 Å². The number of fused-ring (bicyclic) bond motifs is 3. The Bertz CT molecular complexity index is 581. The summed E-state index contributed by atoms with van der Waals surface area (Å²) in [5.41, 5.74) is 4.14. The first-order chi connectivity index (χ1) is 8.93. The summed E-state index contributed by atoms with van der Waals surface area (Å²) in [7, 11) is 0. The first-order valence-corrected chi connectivity index (χ1v) is 6.99. The molecule has 2 unspecified atom stereocenters. The smallest absolute Gasteiger partial charge is 0.170 e. The van der Waals surface area contributed by atoms with Crippen molar-refractivity contribution in [3.63, 3.8) is 0 Å². The van der Waals surface area contributed by atoms with Gasteiger partial charge in [-0.05, 0) is 29.5 Å². The number of hydrogen-bond donors (Lipinski definition) is 1. The fraction of sp³-hybridized carbons (Fsp3) is 0.471. The van der Waals surface area contributed by atoms with E-state index in [1.165, 1.54) is 11.1 Å². The fourth-order valence-electron chi connectivity index (χ4n) is 3.34. The summed E-state index contributed by atoms with van der Waals surface area (Å²) in [5, 5.41) is 10.2. The molecule has 2 atom stereocenters. The van der Waals surface area contributed by atoms with E-state index >= 15 is 0 Å². The van der Waals surface area contributed by atoms with Gasteiger partial charge in [-0.15, -0.1) is 0 Å². The molecule has 2 aliphatic rings. The molecule has 0 fully saturated rings. The number of Topliss-reactive ketones (excluding diaryl/α,β-unsaturated/α-hetero) is 1. The topological polar surface area (TPSA) is 37.3 Å². The standard InChI is InChI=1S/C17H20O2/c1-10-4-5-11-12-7-9-15(18)17(2,3)14(12)8-6-13(11)16(10)19/h4-6,8,10,15,18H,7,9H2,1-3H3. The monoisotopic (exact) mass is 256 g/mol. The number of aliphatic hydroxyl groups excluding tert-OH is 1. The van der Waals surface area contributed by atoms with E-state index in [4.69, 9.17) is 0 Å². The third-order valence-corrected chi connectivity index (χ3v) is 4.78. The maximum absolute atomic E-state index is 12.2. The Hall–Kier alpha value is -1.41. The van der Waals surface area contributed by atoms with Crippen LogP contribution in [0.25, 0.3) is 6.08 Å². The summed E-state index contributed by atoms with van der Waals surface area (Å²) >= 11 is 0. The Morgan fingerprint density at radius 1 is 1.32 bits per heavy atom. The van der Waals surface area contributed by atoms with Crippen LogP contribution in [0.3, 0.4) is 0 Å². The molecule has 19 heavy (non-hydrogen) atoms. The minimum Gasteiger partial charge on any atom is -0.392 e. The number of aliphatic hydroxyl groups is 1. The molecule has 1 aromatic rings. The van der Waals surface area contributed by atoms with E-state index in [1.807, 2.05) is 25.1 Å². The molecule has 0 saturated carbocycles. The van der Waals surface area contributed by atoms with Crippen molar-refractivity contribution < 1.29 is 9.90 Å². The van der Waals surface area contributed by atoms with Crippen LogP contribution in [0, 0.1) is 5.92 Å². The first kappa shape index (κ1) is 12.6. The van der Waals surface area contributed by atoms with Crippen LogP contribution in [0.5, 0.6) is 0 Å². The number of benzene rings is 1. The third kappa shape index (κ3) is 1.70. The molecule has 0 aliphatic heterocycles. The second-order valence-corrected chi connectivity index (χ2v) is 6.34. The molecular formula is C17H20O2. The Balaban J connectivity index is 2.22. The second kappa shape index (κ2) is 4.04. The van der Waals surface area contributed by atoms with E-state index in [0.29, 0.717) is 0 Å². The maximum atomic E-state index is 12.2. The van der Waals surface area contributed by atoms with Crippen LogP contribution in [0.15, 0.2) is 18.2 Å². The van der Waals surface area contributed by atoms with Crippen LogP contribution in [0.4, 0.5) is 0 Å². The summed E-state index contributed by atoms with van der Waals surface area (Å²) in [5.74, 6) is 0.192. The first-order valence-electron chi connectivity index (χ1n) is 6.99. The Labute approximate surface area is 114 Å². The highest BCUT2D eigenvalue weighted by atomic mass is 16.3. The molecule has 100 valence electrons. The molecule has 0 radical (unpaired) electrons. The molecule has 0 spiro atoms. The average Bonchev–Trinajstić information content (AvgIpc) is 2.38. The normalized spacial score (nSPS) is 27.9. The molecular weight excluding hydrogens is 236 g/mol. The van der Waals surface area contributed by atoms with E-state index in [2.05, 4.69) is 19.9 Å². The number of allylic oxidation sites excluding steroid dienone is 1. The molecule has 0 heterocycles. The molecule has 0 bridgehead atoms. The lowest BCUT2D eigenvalue weighted by Crippen LogP contribution is -2.39. The SMILES string of the molecule is CC1C=Cc2c(ccc3c2CCC(O)C3(C)C)C1=O. The number of rotatable bonds is 0. The predicted octanol–water partition coefficient (Wildman–Crippen LogP) is 3.12. The molecule has 0 saturated heterocycles. The molecule has 1 aromatic carbocycles. The minimum absolute atomic E-state index is 0.0206. The van der Waals surface area contributed by atoms with Crippen LogP contribution in [0.1, 0.15) is 54.2 Å². The lowest BCUT2D eigenvalue weighted by Gasteiger charge is -2.39. The molecule has 3 rings (SSSR count). The Morgan fingerprint density at radius 2 is 2.05 bits per heavy atom. The maximum Gasteiger partial charge on any atom is 0.170 e. The predicted molar refractivity (Wildman–Crippen MR) is 76.3 cm³/mol. The van der Waals surface area contributed by atoms with Gasteiger partial charge in [0.2, 0.25) is 0 Å². The number of ketones is 1. The molecule has 2 heteroatoms. The largest absolute Gasteiger partial charge is 0.392 e. The zero-order valence-corrected chi connectivity index (χ0v) is 11.7. The van der Waals surface area contributed by atoms with E-state index in [0.717, 1.165) is 24.0 Å². The molecule has 2 aliphatic carbocycles. The molecule has 2 nitrogen and oxygen atoms in total. The number of carbonyl (C=O) groups excluding carboxylic acids is 1. The van der Waals surface area contributed by atoms with Crippen molar-refractivity contribution in [2.45, 2.75) is 45.1 Å². The van der Waals surface area contributed by atoms with Crippen LogP contribution in [-0.2, 0) is 11.8 Å². The lowest BCUT2D eigenvalue weighted by molar-refractivity contribution is 0.0829. The van der Waals surface area contributed by atoms with Gasteiger partial charge in [0.15, 0.2) is 5.78 Å². The molecule has 1 N–H and O–H groups in total. The van der Waals surface area contributed by atoms with Gasteiger partial charge in [-0.1, -0.05) is 45.1 Å². The summed E-state index contributed by atoms with van der Waals surface area (Å²) in [6.45, 7) is 6.10. The van der Waals surface area contributed by atoms with Gasteiger partial charge in [0, 0.05) is 16.9 Å². The lowest BCUT2D eigenvalue weighted by atomic mass is 9.68. The van der Waals surface area contributed by atoms with Crippen molar-refractivity contribution in [2.24, 2.45) is 5.92 Å². The highest BCUT2D eigenvalue weighted by Crippen LogP contribution is 2.41. The second-order valence-electron chi connectivity index (χ2n) is 6.34. The summed E-state index contributed by atoms with van der Waals surface area (Å²) < 4.78 is 0. The zero-order chi connectivity index (χ0) is 13.8. The number of carbonyl (C=O) groups is 1. The van der Waals surface area contributed by atoms with Crippen LogP contribution < -0.4 is 0 Å². The van der Waals surface area contributed by atoms with E-state index in [-0.39, 0.29) is 23.2 Å². The van der Waals surface area contributed by atoms with Crippen LogP contribution in [0.2, 0.25) is 0 Å². The van der Waals surface area contributed by atoms with Gasteiger partial charge in [-0.2, -0.15) is 0 Å².